The number of nitrogens with one attached hydrogen (secondary N) is 1. The van der Waals surface area contributed by atoms with Crippen LogP contribution in [0.25, 0.3) is 0 Å². The van der Waals surface area contributed by atoms with E-state index in [1.54, 1.807) is 31.2 Å². The van der Waals surface area contributed by atoms with Crippen LogP contribution in [-0.2, 0) is 19.6 Å². The summed E-state index contributed by atoms with van der Waals surface area (Å²) >= 11 is 0. The first-order valence-corrected chi connectivity index (χ1v) is 10.1. The predicted octanol–water partition coefficient (Wildman–Crippen LogP) is 3.57. The van der Waals surface area contributed by atoms with Gasteiger partial charge in [0.05, 0.1) is 10.9 Å². The average Bonchev–Trinajstić information content (AvgIpc) is 2.56. The van der Waals surface area contributed by atoms with Crippen LogP contribution in [0.4, 0.5) is 0 Å². The Morgan fingerprint density at radius 3 is 2.38 bits per heavy atom. The largest absolute Gasteiger partial charge is 0.464 e. The summed E-state index contributed by atoms with van der Waals surface area (Å²) in [5.41, 5.74) is 1.00. The fraction of sp³-hybridized carbons (Fsp3) is 0.611. The van der Waals surface area contributed by atoms with Crippen LogP contribution >= 0.6 is 0 Å². The number of benzene rings is 1. The quantitative estimate of drug-likeness (QED) is 0.486. The van der Waals surface area contributed by atoms with E-state index < -0.39 is 16.1 Å². The summed E-state index contributed by atoms with van der Waals surface area (Å²) in [4.78, 5) is 11.6. The van der Waals surface area contributed by atoms with Gasteiger partial charge in [-0.2, -0.15) is 0 Å². The van der Waals surface area contributed by atoms with Crippen molar-refractivity contribution in [2.75, 3.05) is 6.61 Å². The molecule has 0 radical (unpaired) electrons. The van der Waals surface area contributed by atoms with Crippen LogP contribution < -0.4 is 4.72 Å². The van der Waals surface area contributed by atoms with Gasteiger partial charge < -0.3 is 4.74 Å². The van der Waals surface area contributed by atoms with Crippen molar-refractivity contribution in [1.82, 2.24) is 4.72 Å². The topological polar surface area (TPSA) is 72.5 Å². The second kappa shape index (κ2) is 10.5. The molecule has 1 atom stereocenters. The second-order valence-electron chi connectivity index (χ2n) is 6.02. The summed E-state index contributed by atoms with van der Waals surface area (Å²) in [5, 5.41) is 0. The molecule has 0 heterocycles. The summed E-state index contributed by atoms with van der Waals surface area (Å²) in [7, 11) is -3.61. The Morgan fingerprint density at radius 1 is 1.12 bits per heavy atom. The molecule has 1 rings (SSSR count). The highest BCUT2D eigenvalue weighted by Gasteiger charge is 2.21. The van der Waals surface area contributed by atoms with Gasteiger partial charge >= 0.3 is 5.97 Å². The first-order valence-electron chi connectivity index (χ1n) is 8.63. The Bertz CT molecular complexity index is 596. The summed E-state index contributed by atoms with van der Waals surface area (Å²) in [6.45, 7) is 5.82. The molecule has 0 aliphatic heterocycles. The van der Waals surface area contributed by atoms with Gasteiger partial charge in [-0.05, 0) is 25.5 Å². The van der Waals surface area contributed by atoms with Crippen LogP contribution in [0.2, 0.25) is 0 Å². The van der Waals surface area contributed by atoms with Crippen molar-refractivity contribution in [3.63, 3.8) is 0 Å². The fourth-order valence-electron chi connectivity index (χ4n) is 2.29. The smallest absolute Gasteiger partial charge is 0.305 e. The number of hydrogen-bond acceptors (Lipinski definition) is 4. The lowest BCUT2D eigenvalue weighted by Crippen LogP contribution is -2.38. The van der Waals surface area contributed by atoms with E-state index in [9.17, 15) is 13.2 Å². The van der Waals surface area contributed by atoms with Crippen molar-refractivity contribution in [2.45, 2.75) is 70.2 Å². The second-order valence-corrected chi connectivity index (χ2v) is 7.73. The standard InChI is InChI=1S/C18H29NO4S/c1-4-6-7-8-9-16(14-23-18(20)5-2)19-24(21,22)17-12-10-15(3)11-13-17/h10-13,16,19H,4-9,14H2,1-3H3. The van der Waals surface area contributed by atoms with Gasteiger partial charge in [-0.3, -0.25) is 4.79 Å². The fourth-order valence-corrected chi connectivity index (χ4v) is 3.55. The number of rotatable bonds is 11. The van der Waals surface area contributed by atoms with Gasteiger partial charge in [0.2, 0.25) is 10.0 Å². The minimum atomic E-state index is -3.61. The lowest BCUT2D eigenvalue weighted by molar-refractivity contribution is -0.143. The number of aryl methyl sites for hydroxylation is 1. The minimum Gasteiger partial charge on any atom is -0.464 e. The molecule has 0 spiro atoms. The van der Waals surface area contributed by atoms with Crippen LogP contribution in [0.1, 0.15) is 57.9 Å². The molecule has 24 heavy (non-hydrogen) atoms. The van der Waals surface area contributed by atoms with Crippen LogP contribution in [0.3, 0.4) is 0 Å². The first kappa shape index (κ1) is 20.6. The van der Waals surface area contributed by atoms with Crippen molar-refractivity contribution < 1.29 is 17.9 Å². The lowest BCUT2D eigenvalue weighted by atomic mass is 10.1. The minimum absolute atomic E-state index is 0.0733. The normalized spacial score (nSPS) is 12.8. The molecule has 1 aromatic rings. The number of esters is 1. The Labute approximate surface area is 145 Å². The molecule has 1 N–H and O–H groups in total. The van der Waals surface area contributed by atoms with E-state index in [-0.39, 0.29) is 23.9 Å². The third-order valence-corrected chi connectivity index (χ3v) is 5.33. The molecule has 0 aliphatic carbocycles. The van der Waals surface area contributed by atoms with Crippen molar-refractivity contribution in [3.8, 4) is 0 Å². The summed E-state index contributed by atoms with van der Waals surface area (Å²) in [5.74, 6) is -0.317. The molecule has 0 amide bonds. The van der Waals surface area contributed by atoms with Crippen molar-refractivity contribution in [1.29, 1.82) is 0 Å². The Hall–Kier alpha value is -1.40. The van der Waals surface area contributed by atoms with Crippen molar-refractivity contribution in [2.24, 2.45) is 0 Å². The predicted molar refractivity (Wildman–Crippen MR) is 95.3 cm³/mol. The molecule has 0 aromatic heterocycles. The zero-order valence-electron chi connectivity index (χ0n) is 14.9. The maximum Gasteiger partial charge on any atom is 0.305 e. The molecular formula is C18H29NO4S. The summed E-state index contributed by atoms with van der Waals surface area (Å²) in [6, 6.07) is 6.31. The number of sulfonamides is 1. The first-order chi connectivity index (χ1) is 11.4. The average molecular weight is 356 g/mol. The molecule has 0 fully saturated rings. The van der Waals surface area contributed by atoms with Gasteiger partial charge in [0.1, 0.15) is 6.61 Å². The van der Waals surface area contributed by atoms with Gasteiger partial charge in [0.25, 0.3) is 0 Å². The van der Waals surface area contributed by atoms with Crippen molar-refractivity contribution >= 4 is 16.0 Å². The van der Waals surface area contributed by atoms with Crippen LogP contribution in [0.5, 0.6) is 0 Å². The highest BCUT2D eigenvalue weighted by atomic mass is 32.2. The number of hydrogen-bond donors (Lipinski definition) is 1. The molecule has 0 aliphatic rings. The Balaban J connectivity index is 2.73. The molecular weight excluding hydrogens is 326 g/mol. The lowest BCUT2D eigenvalue weighted by Gasteiger charge is -2.19. The number of ether oxygens (including phenoxy) is 1. The molecule has 1 unspecified atom stereocenters. The van der Waals surface area contributed by atoms with Crippen molar-refractivity contribution in [3.05, 3.63) is 29.8 Å². The number of carbonyl (C=O) groups is 1. The molecule has 1 aromatic carbocycles. The SMILES string of the molecule is CCCCCCC(COC(=O)CC)NS(=O)(=O)c1ccc(C)cc1. The third-order valence-electron chi connectivity index (χ3n) is 3.79. The zero-order valence-corrected chi connectivity index (χ0v) is 15.7. The maximum absolute atomic E-state index is 12.5. The Kier molecular flexibility index (Phi) is 9.00. The van der Waals surface area contributed by atoms with Gasteiger partial charge in [0.15, 0.2) is 0 Å². The molecule has 0 saturated carbocycles. The molecule has 0 saturated heterocycles. The van der Waals surface area contributed by atoms with Crippen LogP contribution in [-0.4, -0.2) is 27.0 Å². The van der Waals surface area contributed by atoms with E-state index in [1.807, 2.05) is 6.92 Å². The summed E-state index contributed by atoms with van der Waals surface area (Å²) < 4.78 is 32.8. The van der Waals surface area contributed by atoms with Gasteiger partial charge in [-0.1, -0.05) is 57.2 Å². The van der Waals surface area contributed by atoms with Gasteiger partial charge in [0, 0.05) is 6.42 Å². The number of unbranched alkanes of at least 4 members (excludes halogenated alkanes) is 3. The molecule has 136 valence electrons. The maximum atomic E-state index is 12.5. The molecule has 5 nitrogen and oxygen atoms in total. The van der Waals surface area contributed by atoms with E-state index in [2.05, 4.69) is 11.6 Å². The highest BCUT2D eigenvalue weighted by Crippen LogP contribution is 2.13. The van der Waals surface area contributed by atoms with Crippen LogP contribution in [0, 0.1) is 6.92 Å². The molecule has 0 bridgehead atoms. The molecule has 6 heteroatoms. The third kappa shape index (κ3) is 7.45. The van der Waals surface area contributed by atoms with E-state index >= 15 is 0 Å². The van der Waals surface area contributed by atoms with Crippen LogP contribution in [0.15, 0.2) is 29.2 Å². The monoisotopic (exact) mass is 355 g/mol. The van der Waals surface area contributed by atoms with E-state index in [4.69, 9.17) is 4.74 Å². The zero-order chi connectivity index (χ0) is 18.0. The highest BCUT2D eigenvalue weighted by molar-refractivity contribution is 7.89. The summed E-state index contributed by atoms with van der Waals surface area (Å²) in [6.07, 6.45) is 5.12. The van der Waals surface area contributed by atoms with Gasteiger partial charge in [-0.25, -0.2) is 13.1 Å². The Morgan fingerprint density at radius 2 is 1.79 bits per heavy atom. The van der Waals surface area contributed by atoms with E-state index in [1.165, 1.54) is 0 Å². The van der Waals surface area contributed by atoms with Gasteiger partial charge in [-0.15, -0.1) is 0 Å². The van der Waals surface area contributed by atoms with E-state index in [0.717, 1.165) is 31.2 Å². The number of carbonyl (C=O) groups excluding carboxylic acids is 1. The van der Waals surface area contributed by atoms with E-state index in [0.29, 0.717) is 6.42 Å².